The fraction of sp³-hybridized carbons (Fsp3) is 0.400. The Labute approximate surface area is 102 Å². The fourth-order valence-electron chi connectivity index (χ4n) is 1.80. The van der Waals surface area contributed by atoms with Gasteiger partial charge in [0, 0.05) is 12.2 Å². The first-order chi connectivity index (χ1) is 8.50. The molecule has 2 amide bonds. The van der Waals surface area contributed by atoms with Crippen LogP contribution >= 0.6 is 0 Å². The standard InChI is InChI=1S/C10H12N4O4/c1-5-6(2-12-13-5)9(16)14-4-8(15)11-3-7(14)10(17)18/h2,7H,3-4H2,1H3,(H,11,15)(H,12,13)(H,17,18). The van der Waals surface area contributed by atoms with E-state index < -0.39 is 17.9 Å². The maximum atomic E-state index is 12.2. The molecule has 1 saturated heterocycles. The Morgan fingerprint density at radius 1 is 1.56 bits per heavy atom. The van der Waals surface area contributed by atoms with Crippen LogP contribution in [0.5, 0.6) is 0 Å². The summed E-state index contributed by atoms with van der Waals surface area (Å²) in [4.78, 5) is 35.5. The number of amides is 2. The Morgan fingerprint density at radius 2 is 2.28 bits per heavy atom. The molecule has 0 bridgehead atoms. The number of rotatable bonds is 2. The van der Waals surface area contributed by atoms with Crippen molar-refractivity contribution in [3.8, 4) is 0 Å². The van der Waals surface area contributed by atoms with Crippen molar-refractivity contribution in [2.45, 2.75) is 13.0 Å². The van der Waals surface area contributed by atoms with Crippen LogP contribution < -0.4 is 5.32 Å². The van der Waals surface area contributed by atoms with Crippen LogP contribution in [0.25, 0.3) is 0 Å². The van der Waals surface area contributed by atoms with E-state index in [9.17, 15) is 14.4 Å². The quantitative estimate of drug-likeness (QED) is 0.608. The van der Waals surface area contributed by atoms with Crippen molar-refractivity contribution < 1.29 is 19.5 Å². The Hall–Kier alpha value is -2.38. The third kappa shape index (κ3) is 2.04. The zero-order chi connectivity index (χ0) is 13.3. The first-order valence-electron chi connectivity index (χ1n) is 5.31. The van der Waals surface area contributed by atoms with Crippen LogP contribution in [0.3, 0.4) is 0 Å². The lowest BCUT2D eigenvalue weighted by Crippen LogP contribution is -2.59. The molecule has 0 saturated carbocycles. The van der Waals surface area contributed by atoms with Crippen molar-refractivity contribution in [3.05, 3.63) is 17.5 Å². The summed E-state index contributed by atoms with van der Waals surface area (Å²) >= 11 is 0. The van der Waals surface area contributed by atoms with Gasteiger partial charge in [-0.1, -0.05) is 0 Å². The monoisotopic (exact) mass is 252 g/mol. The van der Waals surface area contributed by atoms with E-state index in [0.29, 0.717) is 5.69 Å². The van der Waals surface area contributed by atoms with Crippen molar-refractivity contribution in [2.24, 2.45) is 0 Å². The maximum Gasteiger partial charge on any atom is 0.328 e. The predicted octanol–water partition coefficient (Wildman–Crippen LogP) is -1.26. The summed E-state index contributed by atoms with van der Waals surface area (Å²) < 4.78 is 0. The lowest BCUT2D eigenvalue weighted by molar-refractivity contribution is -0.144. The highest BCUT2D eigenvalue weighted by molar-refractivity contribution is 6.00. The van der Waals surface area contributed by atoms with Gasteiger partial charge in [0.1, 0.15) is 12.6 Å². The van der Waals surface area contributed by atoms with Crippen molar-refractivity contribution >= 4 is 17.8 Å². The average Bonchev–Trinajstić information content (AvgIpc) is 2.74. The average molecular weight is 252 g/mol. The number of hydrogen-bond acceptors (Lipinski definition) is 4. The molecule has 2 heterocycles. The van der Waals surface area contributed by atoms with Crippen molar-refractivity contribution in [1.29, 1.82) is 0 Å². The number of carboxylic acid groups (broad SMARTS) is 1. The zero-order valence-electron chi connectivity index (χ0n) is 9.64. The molecule has 1 aliphatic rings. The number of nitrogens with one attached hydrogen (secondary N) is 2. The highest BCUT2D eigenvalue weighted by Crippen LogP contribution is 2.12. The molecule has 96 valence electrons. The minimum atomic E-state index is -1.15. The molecule has 1 unspecified atom stereocenters. The smallest absolute Gasteiger partial charge is 0.328 e. The number of nitrogens with zero attached hydrogens (tertiary/aromatic N) is 2. The summed E-state index contributed by atoms with van der Waals surface area (Å²) in [5.74, 6) is -2.03. The van der Waals surface area contributed by atoms with Crippen molar-refractivity contribution in [3.63, 3.8) is 0 Å². The molecule has 0 spiro atoms. The molecule has 1 aromatic rings. The van der Waals surface area contributed by atoms with Gasteiger partial charge in [0.2, 0.25) is 5.91 Å². The number of aliphatic carboxylic acids is 1. The Bertz CT molecular complexity index is 510. The van der Waals surface area contributed by atoms with Crippen molar-refractivity contribution in [2.75, 3.05) is 13.1 Å². The summed E-state index contributed by atoms with van der Waals surface area (Å²) in [6.07, 6.45) is 1.32. The van der Waals surface area contributed by atoms with Gasteiger partial charge in [-0.15, -0.1) is 0 Å². The van der Waals surface area contributed by atoms with Crippen LogP contribution in [-0.2, 0) is 9.59 Å². The second-order valence-corrected chi connectivity index (χ2v) is 4.00. The molecule has 3 N–H and O–H groups in total. The molecule has 1 aromatic heterocycles. The van der Waals surface area contributed by atoms with Crippen LogP contribution in [0, 0.1) is 6.92 Å². The third-order valence-electron chi connectivity index (χ3n) is 2.79. The van der Waals surface area contributed by atoms with Crippen LogP contribution in [0.15, 0.2) is 6.20 Å². The number of H-pyrrole nitrogens is 1. The first kappa shape index (κ1) is 12.1. The summed E-state index contributed by atoms with van der Waals surface area (Å²) in [7, 11) is 0. The van der Waals surface area contributed by atoms with Gasteiger partial charge in [0.15, 0.2) is 0 Å². The van der Waals surface area contributed by atoms with Gasteiger partial charge >= 0.3 is 5.97 Å². The summed E-state index contributed by atoms with van der Waals surface area (Å²) in [6, 6.07) is -1.05. The number of carboxylic acids is 1. The highest BCUT2D eigenvalue weighted by atomic mass is 16.4. The minimum absolute atomic E-state index is 0.0865. The molecular weight excluding hydrogens is 240 g/mol. The maximum absolute atomic E-state index is 12.2. The van der Waals surface area contributed by atoms with Gasteiger partial charge < -0.3 is 15.3 Å². The number of aryl methyl sites for hydroxylation is 1. The number of hydrogen-bond donors (Lipinski definition) is 3. The van der Waals surface area contributed by atoms with Crippen LogP contribution in [0.2, 0.25) is 0 Å². The molecule has 18 heavy (non-hydrogen) atoms. The first-order valence-corrected chi connectivity index (χ1v) is 5.31. The van der Waals surface area contributed by atoms with Gasteiger partial charge in [0.25, 0.3) is 5.91 Å². The Balaban J connectivity index is 2.28. The van der Waals surface area contributed by atoms with Crippen LogP contribution in [0.4, 0.5) is 0 Å². The van der Waals surface area contributed by atoms with E-state index in [4.69, 9.17) is 5.11 Å². The molecule has 8 heteroatoms. The number of aromatic amines is 1. The Kier molecular flexibility index (Phi) is 3.00. The van der Waals surface area contributed by atoms with Crippen molar-refractivity contribution in [1.82, 2.24) is 20.4 Å². The molecule has 1 atom stereocenters. The van der Waals surface area contributed by atoms with Crippen LogP contribution in [0.1, 0.15) is 16.1 Å². The van der Waals surface area contributed by atoms with Crippen LogP contribution in [-0.4, -0.2) is 57.1 Å². The minimum Gasteiger partial charge on any atom is -0.480 e. The number of carbonyl (C=O) groups excluding carboxylic acids is 2. The number of piperazine rings is 1. The molecular formula is C10H12N4O4. The fourth-order valence-corrected chi connectivity index (χ4v) is 1.80. The Morgan fingerprint density at radius 3 is 2.83 bits per heavy atom. The van der Waals surface area contributed by atoms with Gasteiger partial charge in [-0.25, -0.2) is 4.79 Å². The number of aromatic nitrogens is 2. The lowest BCUT2D eigenvalue weighted by atomic mass is 10.1. The van der Waals surface area contributed by atoms with Gasteiger partial charge in [0.05, 0.1) is 11.8 Å². The molecule has 1 fully saturated rings. The van der Waals surface area contributed by atoms with E-state index in [2.05, 4.69) is 15.5 Å². The molecule has 0 aliphatic carbocycles. The van der Waals surface area contributed by atoms with E-state index in [0.717, 1.165) is 4.90 Å². The number of carbonyl (C=O) groups is 3. The summed E-state index contributed by atoms with van der Waals surface area (Å²) in [5, 5.41) is 17.8. The third-order valence-corrected chi connectivity index (χ3v) is 2.79. The molecule has 0 radical (unpaired) electrons. The summed E-state index contributed by atoms with van der Waals surface area (Å²) in [5.41, 5.74) is 0.811. The van der Waals surface area contributed by atoms with E-state index in [-0.39, 0.29) is 24.6 Å². The second kappa shape index (κ2) is 4.47. The summed E-state index contributed by atoms with van der Waals surface area (Å²) in [6.45, 7) is 1.30. The molecule has 0 aromatic carbocycles. The molecule has 1 aliphatic heterocycles. The normalized spacial score (nSPS) is 19.5. The van der Waals surface area contributed by atoms with E-state index in [1.54, 1.807) is 6.92 Å². The van der Waals surface area contributed by atoms with Gasteiger partial charge in [-0.2, -0.15) is 5.10 Å². The second-order valence-electron chi connectivity index (χ2n) is 4.00. The zero-order valence-corrected chi connectivity index (χ0v) is 9.64. The van der Waals surface area contributed by atoms with Gasteiger partial charge in [-0.05, 0) is 6.92 Å². The van der Waals surface area contributed by atoms with E-state index in [1.165, 1.54) is 6.20 Å². The molecule has 8 nitrogen and oxygen atoms in total. The van der Waals surface area contributed by atoms with E-state index in [1.807, 2.05) is 0 Å². The SMILES string of the molecule is Cc1[nH]ncc1C(=O)N1CC(=O)NCC1C(=O)O. The lowest BCUT2D eigenvalue weighted by Gasteiger charge is -2.32. The highest BCUT2D eigenvalue weighted by Gasteiger charge is 2.36. The van der Waals surface area contributed by atoms with E-state index >= 15 is 0 Å². The topological polar surface area (TPSA) is 115 Å². The molecule has 2 rings (SSSR count). The predicted molar refractivity (Wildman–Crippen MR) is 58.8 cm³/mol. The largest absolute Gasteiger partial charge is 0.480 e. The van der Waals surface area contributed by atoms with Gasteiger partial charge in [-0.3, -0.25) is 14.7 Å².